The van der Waals surface area contributed by atoms with Crippen LogP contribution in [-0.4, -0.2) is 48.6 Å². The molecule has 8 heteroatoms. The molecule has 178 valence electrons. The number of hydrogen-bond donors (Lipinski definition) is 0. The summed E-state index contributed by atoms with van der Waals surface area (Å²) in [6.45, 7) is 9.39. The number of Topliss-reactive ketones (excluding diaryl/α,β-unsaturated/α-hetero) is 1. The highest BCUT2D eigenvalue weighted by molar-refractivity contribution is 5.99. The number of carbonyl (C=O) groups is 3. The quantitative estimate of drug-likeness (QED) is 0.349. The third kappa shape index (κ3) is 7.02. The van der Waals surface area contributed by atoms with E-state index in [9.17, 15) is 14.4 Å². The van der Waals surface area contributed by atoms with Gasteiger partial charge in [0.2, 0.25) is 5.75 Å². The Morgan fingerprint density at radius 3 is 2.38 bits per heavy atom. The Balaban J connectivity index is 2.02. The first-order valence-electron chi connectivity index (χ1n) is 11.2. The lowest BCUT2D eigenvalue weighted by Gasteiger charge is -2.31. The fourth-order valence-electron chi connectivity index (χ4n) is 3.56. The molecule has 1 aromatic heterocycles. The van der Waals surface area contributed by atoms with Crippen molar-refractivity contribution in [3.05, 3.63) is 18.0 Å². The fourth-order valence-corrected chi connectivity index (χ4v) is 3.56. The molecule has 0 saturated heterocycles. The Morgan fingerprint density at radius 2 is 1.84 bits per heavy atom. The molecule has 0 amide bonds. The Kier molecular flexibility index (Phi) is 9.62. The molecule has 8 nitrogen and oxygen atoms in total. The molecule has 0 N–H and O–H groups in total. The zero-order chi connectivity index (χ0) is 23.8. The van der Waals surface area contributed by atoms with Gasteiger partial charge in [-0.25, -0.2) is 4.98 Å². The van der Waals surface area contributed by atoms with Crippen molar-refractivity contribution in [2.45, 2.75) is 72.5 Å². The van der Waals surface area contributed by atoms with Crippen LogP contribution < -0.4 is 9.47 Å². The van der Waals surface area contributed by atoms with E-state index in [1.807, 2.05) is 20.8 Å². The Hall–Kier alpha value is -2.48. The van der Waals surface area contributed by atoms with Crippen LogP contribution in [0.2, 0.25) is 0 Å². The molecule has 0 unspecified atom stereocenters. The molecule has 0 spiro atoms. The first-order chi connectivity index (χ1) is 15.1. The van der Waals surface area contributed by atoms with Gasteiger partial charge >= 0.3 is 11.9 Å². The van der Waals surface area contributed by atoms with Crippen molar-refractivity contribution in [3.8, 4) is 11.5 Å². The summed E-state index contributed by atoms with van der Waals surface area (Å²) in [4.78, 5) is 41.1. The summed E-state index contributed by atoms with van der Waals surface area (Å²) in [6.07, 6.45) is 4.22. The van der Waals surface area contributed by atoms with E-state index < -0.39 is 29.7 Å². The van der Waals surface area contributed by atoms with Crippen molar-refractivity contribution in [2.75, 3.05) is 13.7 Å². The molecule has 1 aromatic rings. The molecule has 1 aliphatic rings. The SMILES string of the molecule is COc1ccnc(C(=O)C[C@@H](C)C(=O)O[C@H](C(C)C)[C@H](C)OCC2CCC2)c1OC(C)=O. The molecule has 0 aromatic carbocycles. The van der Waals surface area contributed by atoms with Crippen LogP contribution in [0.25, 0.3) is 0 Å². The Bertz CT molecular complexity index is 804. The molecular formula is C24H35NO7. The van der Waals surface area contributed by atoms with Gasteiger partial charge in [-0.2, -0.15) is 0 Å². The number of methoxy groups -OCH3 is 1. The van der Waals surface area contributed by atoms with Gasteiger partial charge in [0.25, 0.3) is 0 Å². The van der Waals surface area contributed by atoms with Crippen LogP contribution >= 0.6 is 0 Å². The average Bonchev–Trinajstić information content (AvgIpc) is 2.69. The Morgan fingerprint density at radius 1 is 1.16 bits per heavy atom. The highest BCUT2D eigenvalue weighted by atomic mass is 16.6. The first-order valence-corrected chi connectivity index (χ1v) is 11.2. The van der Waals surface area contributed by atoms with Crippen molar-refractivity contribution >= 4 is 17.7 Å². The maximum absolute atomic E-state index is 12.9. The molecule has 0 aliphatic heterocycles. The van der Waals surface area contributed by atoms with Crippen LogP contribution in [0.4, 0.5) is 0 Å². The third-order valence-electron chi connectivity index (χ3n) is 5.68. The Labute approximate surface area is 190 Å². The van der Waals surface area contributed by atoms with Crippen LogP contribution in [-0.2, 0) is 19.1 Å². The lowest BCUT2D eigenvalue weighted by molar-refractivity contribution is -0.166. The van der Waals surface area contributed by atoms with Crippen molar-refractivity contribution in [1.29, 1.82) is 0 Å². The van der Waals surface area contributed by atoms with Crippen LogP contribution in [0, 0.1) is 17.8 Å². The van der Waals surface area contributed by atoms with E-state index in [-0.39, 0.29) is 35.6 Å². The van der Waals surface area contributed by atoms with E-state index in [0.717, 1.165) is 0 Å². The predicted octanol–water partition coefficient (Wildman–Crippen LogP) is 4.00. The summed E-state index contributed by atoms with van der Waals surface area (Å²) in [7, 11) is 1.40. The van der Waals surface area contributed by atoms with Gasteiger partial charge < -0.3 is 18.9 Å². The molecule has 32 heavy (non-hydrogen) atoms. The summed E-state index contributed by atoms with van der Waals surface area (Å²) in [5, 5.41) is 0. The minimum atomic E-state index is -0.708. The number of ketones is 1. The van der Waals surface area contributed by atoms with Gasteiger partial charge in [0, 0.05) is 32.2 Å². The standard InChI is InChI=1S/C24H35NO7/c1-14(2)22(16(4)30-13-18-8-7-9-18)32-24(28)15(3)12-19(27)21-23(31-17(5)26)20(29-6)10-11-25-21/h10-11,14-16,18,22H,7-9,12-13H2,1-6H3/t15-,16+,22-/m1/s1. The first kappa shape index (κ1) is 25.8. The van der Waals surface area contributed by atoms with Gasteiger partial charge in [-0.1, -0.05) is 27.2 Å². The summed E-state index contributed by atoms with van der Waals surface area (Å²) in [5.41, 5.74) is -0.0585. The lowest BCUT2D eigenvalue weighted by Crippen LogP contribution is -2.38. The number of esters is 2. The van der Waals surface area contributed by atoms with Crippen LogP contribution in [0.15, 0.2) is 12.3 Å². The normalized spacial score (nSPS) is 16.6. The minimum absolute atomic E-state index is 0.0499. The second kappa shape index (κ2) is 11.9. The van der Waals surface area contributed by atoms with Gasteiger partial charge in [-0.05, 0) is 31.6 Å². The number of aromatic nitrogens is 1. The molecule has 0 bridgehead atoms. The van der Waals surface area contributed by atoms with E-state index in [0.29, 0.717) is 12.5 Å². The van der Waals surface area contributed by atoms with Gasteiger partial charge in [0.05, 0.1) is 19.1 Å². The second-order valence-electron chi connectivity index (χ2n) is 8.79. The topological polar surface area (TPSA) is 101 Å². The summed E-state index contributed by atoms with van der Waals surface area (Å²) < 4.78 is 22.0. The van der Waals surface area contributed by atoms with Crippen molar-refractivity contribution in [2.24, 2.45) is 17.8 Å². The van der Waals surface area contributed by atoms with E-state index in [2.05, 4.69) is 4.98 Å². The number of nitrogens with zero attached hydrogens (tertiary/aromatic N) is 1. The number of pyridine rings is 1. The smallest absolute Gasteiger partial charge is 0.309 e. The van der Waals surface area contributed by atoms with E-state index in [1.165, 1.54) is 45.6 Å². The maximum Gasteiger partial charge on any atom is 0.309 e. The molecular weight excluding hydrogens is 414 g/mol. The largest absolute Gasteiger partial charge is 0.493 e. The highest BCUT2D eigenvalue weighted by Gasteiger charge is 2.31. The van der Waals surface area contributed by atoms with Crippen LogP contribution in [0.5, 0.6) is 11.5 Å². The fraction of sp³-hybridized carbons (Fsp3) is 0.667. The molecule has 1 saturated carbocycles. The monoisotopic (exact) mass is 449 g/mol. The van der Waals surface area contributed by atoms with Crippen molar-refractivity contribution in [3.63, 3.8) is 0 Å². The average molecular weight is 450 g/mol. The molecule has 1 fully saturated rings. The summed E-state index contributed by atoms with van der Waals surface area (Å²) in [6, 6.07) is 1.49. The van der Waals surface area contributed by atoms with Gasteiger partial charge in [-0.3, -0.25) is 14.4 Å². The zero-order valence-electron chi connectivity index (χ0n) is 19.9. The highest BCUT2D eigenvalue weighted by Crippen LogP contribution is 2.31. The molecule has 3 atom stereocenters. The summed E-state index contributed by atoms with van der Waals surface area (Å²) >= 11 is 0. The predicted molar refractivity (Wildman–Crippen MR) is 118 cm³/mol. The van der Waals surface area contributed by atoms with Gasteiger partial charge in [0.1, 0.15) is 6.10 Å². The molecule has 1 aliphatic carbocycles. The third-order valence-corrected chi connectivity index (χ3v) is 5.68. The zero-order valence-corrected chi connectivity index (χ0v) is 19.9. The van der Waals surface area contributed by atoms with Crippen molar-refractivity contribution in [1.82, 2.24) is 4.98 Å². The minimum Gasteiger partial charge on any atom is -0.493 e. The number of hydrogen-bond acceptors (Lipinski definition) is 8. The number of rotatable bonds is 12. The summed E-state index contributed by atoms with van der Waals surface area (Å²) in [5.74, 6) is -1.41. The lowest BCUT2D eigenvalue weighted by atomic mass is 9.86. The molecule has 1 heterocycles. The maximum atomic E-state index is 12.9. The second-order valence-corrected chi connectivity index (χ2v) is 8.79. The number of ether oxygens (including phenoxy) is 4. The van der Waals surface area contributed by atoms with Crippen molar-refractivity contribution < 1.29 is 33.3 Å². The van der Waals surface area contributed by atoms with Gasteiger partial charge in [-0.15, -0.1) is 0 Å². The van der Waals surface area contributed by atoms with Crippen LogP contribution in [0.1, 0.15) is 70.8 Å². The van der Waals surface area contributed by atoms with E-state index in [4.69, 9.17) is 18.9 Å². The van der Waals surface area contributed by atoms with E-state index >= 15 is 0 Å². The molecule has 0 radical (unpaired) electrons. The van der Waals surface area contributed by atoms with Gasteiger partial charge in [0.15, 0.2) is 17.2 Å². The van der Waals surface area contributed by atoms with Crippen LogP contribution in [0.3, 0.4) is 0 Å². The number of carbonyl (C=O) groups excluding carboxylic acids is 3. The molecule has 2 rings (SSSR count). The van der Waals surface area contributed by atoms with E-state index in [1.54, 1.807) is 6.92 Å².